The Morgan fingerprint density at radius 3 is 2.79 bits per heavy atom. The lowest BCUT2D eigenvalue weighted by atomic mass is 10.3. The number of hydrogen-bond acceptors (Lipinski definition) is 5. The van der Waals surface area contributed by atoms with Crippen molar-refractivity contribution in [3.05, 3.63) is 18.2 Å². The number of halogens is 2. The van der Waals surface area contributed by atoms with Gasteiger partial charge in [-0.2, -0.15) is 8.78 Å². The molecule has 0 aliphatic rings. The van der Waals surface area contributed by atoms with Crippen LogP contribution in [0, 0.1) is 0 Å². The van der Waals surface area contributed by atoms with Crippen molar-refractivity contribution in [2.24, 2.45) is 0 Å². The number of likely N-dealkylation sites (N-methyl/N-ethyl adjacent to an activating group) is 1. The molecule has 2 N–H and O–H groups in total. The summed E-state index contributed by atoms with van der Waals surface area (Å²) >= 11 is 1.24. The second kappa shape index (κ2) is 4.61. The molecule has 0 aliphatic heterocycles. The fourth-order valence-corrected chi connectivity index (χ4v) is 2.16. The lowest BCUT2D eigenvalue weighted by Crippen LogP contribution is -2.43. The molecule has 0 fully saturated rings. The predicted molar refractivity (Wildman–Crippen MR) is 68.3 cm³/mol. The minimum absolute atomic E-state index is 0.141. The lowest BCUT2D eigenvalue weighted by Gasteiger charge is -2.20. The summed E-state index contributed by atoms with van der Waals surface area (Å²) in [6, 6.07) is 4.23. The number of nitrogens with two attached hydrogens (primary N) is 1. The van der Waals surface area contributed by atoms with Crippen LogP contribution in [0.1, 0.15) is 0 Å². The number of thiazole rings is 1. The van der Waals surface area contributed by atoms with E-state index < -0.39 is 12.0 Å². The number of ether oxygens (including phenoxy) is 1. The van der Waals surface area contributed by atoms with Crippen LogP contribution in [0.2, 0.25) is 0 Å². The number of hydrogen-bond donors (Lipinski definition) is 1. The van der Waals surface area contributed by atoms with Crippen LogP contribution in [0.25, 0.3) is 10.2 Å². The van der Waals surface area contributed by atoms with Crippen LogP contribution in [0.3, 0.4) is 0 Å². The molecule has 0 radical (unpaired) electrons. The summed E-state index contributed by atoms with van der Waals surface area (Å²) in [5, 5.41) is 0.336. The molecule has 102 valence electrons. The van der Waals surface area contributed by atoms with Crippen LogP contribution in [0.15, 0.2) is 18.2 Å². The zero-order valence-electron chi connectivity index (χ0n) is 10.2. The highest BCUT2D eigenvalue weighted by atomic mass is 32.1. The van der Waals surface area contributed by atoms with Gasteiger partial charge >= 0.3 is 12.0 Å². The van der Waals surface area contributed by atoms with Crippen molar-refractivity contribution in [2.45, 2.75) is 6.11 Å². The Balaban J connectivity index is 2.27. The van der Waals surface area contributed by atoms with E-state index in [2.05, 4.69) is 9.72 Å². The van der Waals surface area contributed by atoms with Crippen LogP contribution < -0.4 is 10.5 Å². The molecule has 8 heteroatoms. The van der Waals surface area contributed by atoms with E-state index in [0.29, 0.717) is 10.6 Å². The zero-order chi connectivity index (χ0) is 14.2. The molecule has 0 spiro atoms. The minimum atomic E-state index is -3.92. The van der Waals surface area contributed by atoms with Crippen molar-refractivity contribution in [3.63, 3.8) is 0 Å². The number of carbonyl (C=O) groups excluding carboxylic acids is 1. The molecule has 2 rings (SSSR count). The molecular weight excluding hydrogens is 276 g/mol. The highest BCUT2D eigenvalue weighted by molar-refractivity contribution is 7.22. The predicted octanol–water partition coefficient (Wildman–Crippen LogP) is 1.94. The maximum Gasteiger partial charge on any atom is 0.482 e. The smallest absolute Gasteiger partial charge is 0.425 e. The molecule has 0 saturated carbocycles. The van der Waals surface area contributed by atoms with Gasteiger partial charge in [0.15, 0.2) is 5.13 Å². The standard InChI is InChI=1S/C11H11F2N3O2S/c1-16(2)9(17)11(12,13)18-6-3-4-8-7(5-6)15-10(14)19-8/h3-5H,1-2H3,(H2,14,15). The van der Waals surface area contributed by atoms with Gasteiger partial charge in [0.2, 0.25) is 0 Å². The van der Waals surface area contributed by atoms with Gasteiger partial charge in [0, 0.05) is 20.2 Å². The topological polar surface area (TPSA) is 68.5 Å². The summed E-state index contributed by atoms with van der Waals surface area (Å²) in [4.78, 5) is 16.0. The van der Waals surface area contributed by atoms with Crippen molar-refractivity contribution >= 4 is 32.6 Å². The van der Waals surface area contributed by atoms with Gasteiger partial charge in [0.1, 0.15) is 5.75 Å². The number of amides is 1. The molecule has 1 aromatic carbocycles. The Morgan fingerprint density at radius 2 is 2.16 bits per heavy atom. The van der Waals surface area contributed by atoms with E-state index in [0.717, 1.165) is 9.60 Å². The fraction of sp³-hybridized carbons (Fsp3) is 0.273. The largest absolute Gasteiger partial charge is 0.482 e. The number of carbonyl (C=O) groups is 1. The van der Waals surface area contributed by atoms with E-state index in [1.807, 2.05) is 0 Å². The number of nitrogen functional groups attached to an aromatic ring is 1. The number of anilines is 1. The number of alkyl halides is 2. The number of benzene rings is 1. The highest BCUT2D eigenvalue weighted by Gasteiger charge is 2.43. The Hall–Kier alpha value is -1.96. The maximum absolute atomic E-state index is 13.5. The molecule has 1 heterocycles. The maximum atomic E-state index is 13.5. The van der Waals surface area contributed by atoms with Gasteiger partial charge < -0.3 is 15.4 Å². The Bertz CT molecular complexity index is 627. The molecule has 0 unspecified atom stereocenters. The van der Waals surface area contributed by atoms with E-state index in [-0.39, 0.29) is 5.75 Å². The van der Waals surface area contributed by atoms with E-state index >= 15 is 0 Å². The summed E-state index contributed by atoms with van der Waals surface area (Å²) in [6.45, 7) is 0. The quantitative estimate of drug-likeness (QED) is 0.936. The number of fused-ring (bicyclic) bond motifs is 1. The molecule has 0 aliphatic carbocycles. The van der Waals surface area contributed by atoms with Crippen molar-refractivity contribution < 1.29 is 18.3 Å². The van der Waals surface area contributed by atoms with Gasteiger partial charge in [-0.1, -0.05) is 11.3 Å². The first kappa shape index (κ1) is 13.5. The van der Waals surface area contributed by atoms with Gasteiger partial charge in [0.25, 0.3) is 0 Å². The second-order valence-corrected chi connectivity index (χ2v) is 5.06. The minimum Gasteiger partial charge on any atom is -0.425 e. The molecule has 19 heavy (non-hydrogen) atoms. The highest BCUT2D eigenvalue weighted by Crippen LogP contribution is 2.30. The average Bonchev–Trinajstić information content (AvgIpc) is 2.66. The molecule has 0 bridgehead atoms. The van der Waals surface area contributed by atoms with E-state index in [1.165, 1.54) is 37.6 Å². The van der Waals surface area contributed by atoms with Gasteiger partial charge in [-0.25, -0.2) is 4.98 Å². The third-order valence-electron chi connectivity index (χ3n) is 2.28. The normalized spacial score (nSPS) is 11.6. The molecule has 0 atom stereocenters. The van der Waals surface area contributed by atoms with Crippen molar-refractivity contribution in [2.75, 3.05) is 19.8 Å². The molecular formula is C11H11F2N3O2S. The van der Waals surface area contributed by atoms with Crippen LogP contribution in [0.4, 0.5) is 13.9 Å². The first-order valence-corrected chi connectivity index (χ1v) is 6.06. The van der Waals surface area contributed by atoms with E-state index in [4.69, 9.17) is 5.73 Å². The van der Waals surface area contributed by atoms with Gasteiger partial charge in [-0.05, 0) is 12.1 Å². The zero-order valence-corrected chi connectivity index (χ0v) is 11.0. The third-order valence-corrected chi connectivity index (χ3v) is 3.14. The van der Waals surface area contributed by atoms with Crippen molar-refractivity contribution in [3.8, 4) is 5.75 Å². The summed E-state index contributed by atoms with van der Waals surface area (Å²) in [6.07, 6.45) is -3.92. The SMILES string of the molecule is CN(C)C(=O)C(F)(F)Oc1ccc2sc(N)nc2c1. The van der Waals surface area contributed by atoms with E-state index in [9.17, 15) is 13.6 Å². The average molecular weight is 287 g/mol. The van der Waals surface area contributed by atoms with Crippen molar-refractivity contribution in [1.82, 2.24) is 9.88 Å². The summed E-state index contributed by atoms with van der Waals surface area (Å²) < 4.78 is 32.2. The summed E-state index contributed by atoms with van der Waals surface area (Å²) in [5.41, 5.74) is 5.97. The molecule has 0 saturated heterocycles. The Morgan fingerprint density at radius 1 is 1.47 bits per heavy atom. The van der Waals surface area contributed by atoms with Crippen LogP contribution >= 0.6 is 11.3 Å². The van der Waals surface area contributed by atoms with Crippen molar-refractivity contribution in [1.29, 1.82) is 0 Å². The molecule has 1 amide bonds. The van der Waals surface area contributed by atoms with Gasteiger partial charge in [0.05, 0.1) is 10.2 Å². The monoisotopic (exact) mass is 287 g/mol. The number of aromatic nitrogens is 1. The first-order chi connectivity index (χ1) is 8.79. The second-order valence-electron chi connectivity index (χ2n) is 4.00. The fourth-order valence-electron chi connectivity index (χ4n) is 1.44. The Kier molecular flexibility index (Phi) is 3.27. The molecule has 5 nitrogen and oxygen atoms in total. The molecule has 2 aromatic rings. The van der Waals surface area contributed by atoms with Gasteiger partial charge in [-0.15, -0.1) is 0 Å². The first-order valence-electron chi connectivity index (χ1n) is 5.24. The number of rotatable bonds is 3. The van der Waals surface area contributed by atoms with Crippen LogP contribution in [-0.4, -0.2) is 36.0 Å². The lowest BCUT2D eigenvalue weighted by molar-refractivity contribution is -0.201. The summed E-state index contributed by atoms with van der Waals surface area (Å²) in [5.74, 6) is -1.57. The van der Waals surface area contributed by atoms with Gasteiger partial charge in [-0.3, -0.25) is 4.79 Å². The number of nitrogens with zero attached hydrogens (tertiary/aromatic N) is 2. The summed E-state index contributed by atoms with van der Waals surface area (Å²) in [7, 11) is 2.45. The van der Waals surface area contributed by atoms with E-state index in [1.54, 1.807) is 6.07 Å². The van der Waals surface area contributed by atoms with Crippen LogP contribution in [0.5, 0.6) is 5.75 Å². The third kappa shape index (κ3) is 2.73. The Labute approximate surface area is 111 Å². The molecule has 1 aromatic heterocycles. The van der Waals surface area contributed by atoms with Crippen LogP contribution in [-0.2, 0) is 4.79 Å².